The summed E-state index contributed by atoms with van der Waals surface area (Å²) < 4.78 is 4.87. The van der Waals surface area contributed by atoms with Crippen LogP contribution in [0.5, 0.6) is 0 Å². The molecule has 0 amide bonds. The van der Waals surface area contributed by atoms with Crippen LogP contribution in [0.3, 0.4) is 0 Å². The lowest BCUT2D eigenvalue weighted by Gasteiger charge is -2.07. The van der Waals surface area contributed by atoms with Gasteiger partial charge in [0.1, 0.15) is 5.40 Å². The van der Waals surface area contributed by atoms with Crippen LogP contribution in [0.1, 0.15) is 44.9 Å². The number of thiocyanates is 1. The van der Waals surface area contributed by atoms with Gasteiger partial charge in [0.05, 0.1) is 12.7 Å². The molecule has 0 aliphatic rings. The first kappa shape index (κ1) is 18.0. The molecule has 0 saturated carbocycles. The first-order valence-corrected chi connectivity index (χ1v) is 7.67. The van der Waals surface area contributed by atoms with E-state index in [1.807, 2.05) is 5.40 Å². The van der Waals surface area contributed by atoms with Gasteiger partial charge in [0.25, 0.3) is 0 Å². The zero-order chi connectivity index (χ0) is 14.3. The summed E-state index contributed by atoms with van der Waals surface area (Å²) in [5.41, 5.74) is 0. The molecule has 0 fully saturated rings. The lowest BCUT2D eigenvalue weighted by Crippen LogP contribution is -2.08. The van der Waals surface area contributed by atoms with E-state index in [1.54, 1.807) is 0 Å². The van der Waals surface area contributed by atoms with Crippen molar-refractivity contribution in [3.05, 3.63) is 12.7 Å². The standard InChI is InChI=1S/C14H23NO3S/c1-2-14(17)18-10-8-6-4-3-5-7-9-13(16)11-19-12-15/h2,13,16H,1,3-11H2. The zero-order valence-corrected chi connectivity index (χ0v) is 12.2. The quantitative estimate of drug-likeness (QED) is 0.258. The predicted molar refractivity (Wildman–Crippen MR) is 77.6 cm³/mol. The first-order chi connectivity index (χ1) is 9.20. The summed E-state index contributed by atoms with van der Waals surface area (Å²) in [5.74, 6) is 0.148. The van der Waals surface area contributed by atoms with E-state index in [-0.39, 0.29) is 12.1 Å². The Labute approximate surface area is 119 Å². The molecule has 1 atom stereocenters. The third-order valence-corrected chi connectivity index (χ3v) is 3.36. The highest BCUT2D eigenvalue weighted by atomic mass is 32.2. The van der Waals surface area contributed by atoms with Crippen LogP contribution in [0.15, 0.2) is 12.7 Å². The fourth-order valence-corrected chi connectivity index (χ4v) is 2.07. The topological polar surface area (TPSA) is 70.3 Å². The summed E-state index contributed by atoms with van der Waals surface area (Å²) in [5, 5.41) is 19.8. The smallest absolute Gasteiger partial charge is 0.330 e. The van der Waals surface area contributed by atoms with E-state index in [0.717, 1.165) is 56.7 Å². The van der Waals surface area contributed by atoms with Gasteiger partial charge in [0.15, 0.2) is 0 Å². The molecular weight excluding hydrogens is 262 g/mol. The minimum atomic E-state index is -0.358. The maximum atomic E-state index is 10.7. The van der Waals surface area contributed by atoms with Gasteiger partial charge in [-0.15, -0.1) is 0 Å². The molecule has 4 nitrogen and oxygen atoms in total. The van der Waals surface area contributed by atoms with Crippen LogP contribution < -0.4 is 0 Å². The number of aliphatic hydroxyl groups excluding tert-OH is 1. The maximum absolute atomic E-state index is 10.7. The summed E-state index contributed by atoms with van der Waals surface area (Å²) in [6.07, 6.45) is 7.88. The number of carbonyl (C=O) groups is 1. The van der Waals surface area contributed by atoms with Crippen LogP contribution in [-0.4, -0.2) is 29.5 Å². The fraction of sp³-hybridized carbons (Fsp3) is 0.714. The maximum Gasteiger partial charge on any atom is 0.330 e. The number of unbranched alkanes of at least 4 members (excludes halogenated alkanes) is 5. The first-order valence-electron chi connectivity index (χ1n) is 6.68. The third kappa shape index (κ3) is 13.2. The Morgan fingerprint density at radius 2 is 1.95 bits per heavy atom. The Kier molecular flexibility index (Phi) is 12.7. The number of nitriles is 1. The van der Waals surface area contributed by atoms with Gasteiger partial charge in [0.2, 0.25) is 0 Å². The van der Waals surface area contributed by atoms with Gasteiger partial charge in [0, 0.05) is 11.8 Å². The van der Waals surface area contributed by atoms with Crippen molar-refractivity contribution in [2.45, 2.75) is 51.0 Å². The third-order valence-electron chi connectivity index (χ3n) is 2.68. The fourth-order valence-electron chi connectivity index (χ4n) is 1.64. The minimum absolute atomic E-state index is 0.357. The van der Waals surface area contributed by atoms with Crippen molar-refractivity contribution in [1.29, 1.82) is 5.26 Å². The Morgan fingerprint density at radius 3 is 2.58 bits per heavy atom. The van der Waals surface area contributed by atoms with Gasteiger partial charge in [-0.3, -0.25) is 0 Å². The van der Waals surface area contributed by atoms with Crippen molar-refractivity contribution in [2.75, 3.05) is 12.4 Å². The van der Waals surface area contributed by atoms with E-state index in [0.29, 0.717) is 12.4 Å². The molecule has 0 radical (unpaired) electrons. The van der Waals surface area contributed by atoms with Crippen LogP contribution in [0.2, 0.25) is 0 Å². The van der Waals surface area contributed by atoms with Crippen LogP contribution in [0.4, 0.5) is 0 Å². The molecule has 0 bridgehead atoms. The van der Waals surface area contributed by atoms with E-state index < -0.39 is 0 Å². The number of esters is 1. The van der Waals surface area contributed by atoms with E-state index in [4.69, 9.17) is 10.00 Å². The van der Waals surface area contributed by atoms with Gasteiger partial charge in [-0.25, -0.2) is 4.79 Å². The predicted octanol–water partition coefficient (Wildman–Crippen LogP) is 3.02. The molecule has 0 spiro atoms. The van der Waals surface area contributed by atoms with Crippen LogP contribution >= 0.6 is 11.8 Å². The monoisotopic (exact) mass is 285 g/mol. The van der Waals surface area contributed by atoms with Crippen molar-refractivity contribution in [1.82, 2.24) is 0 Å². The molecule has 1 N–H and O–H groups in total. The summed E-state index contributed by atoms with van der Waals surface area (Å²) in [6, 6.07) is 0. The van der Waals surface area contributed by atoms with E-state index in [9.17, 15) is 9.90 Å². The van der Waals surface area contributed by atoms with Gasteiger partial charge in [-0.05, 0) is 24.6 Å². The van der Waals surface area contributed by atoms with Crippen molar-refractivity contribution in [3.63, 3.8) is 0 Å². The van der Waals surface area contributed by atoms with Crippen molar-refractivity contribution >= 4 is 17.7 Å². The van der Waals surface area contributed by atoms with Crippen molar-refractivity contribution in [3.8, 4) is 5.40 Å². The van der Waals surface area contributed by atoms with E-state index in [1.165, 1.54) is 6.08 Å². The molecule has 0 aromatic heterocycles. The average Bonchev–Trinajstić information content (AvgIpc) is 2.42. The molecule has 1 unspecified atom stereocenters. The number of thioether (sulfide) groups is 1. The zero-order valence-electron chi connectivity index (χ0n) is 11.3. The van der Waals surface area contributed by atoms with Gasteiger partial charge in [-0.2, -0.15) is 5.26 Å². The number of aliphatic hydroxyl groups is 1. The Balaban J connectivity index is 3.17. The normalized spacial score (nSPS) is 11.6. The van der Waals surface area contributed by atoms with Gasteiger partial charge < -0.3 is 9.84 Å². The summed E-state index contributed by atoms with van der Waals surface area (Å²) in [4.78, 5) is 10.7. The average molecular weight is 285 g/mol. The molecule has 0 aliphatic heterocycles. The molecule has 0 rings (SSSR count). The highest BCUT2D eigenvalue weighted by molar-refractivity contribution is 8.03. The number of hydrogen-bond donors (Lipinski definition) is 1. The second-order valence-corrected chi connectivity index (χ2v) is 5.14. The summed E-state index contributed by atoms with van der Waals surface area (Å²) in [7, 11) is 0. The number of rotatable bonds is 12. The molecule has 0 aromatic rings. The van der Waals surface area contributed by atoms with Crippen LogP contribution in [0.25, 0.3) is 0 Å². The Hall–Kier alpha value is -0.990. The highest BCUT2D eigenvalue weighted by Crippen LogP contribution is 2.11. The molecule has 0 aliphatic carbocycles. The van der Waals surface area contributed by atoms with Gasteiger partial charge >= 0.3 is 5.97 Å². The number of hydrogen-bond acceptors (Lipinski definition) is 5. The molecule has 108 valence electrons. The Bertz CT molecular complexity index is 289. The largest absolute Gasteiger partial charge is 0.463 e. The molecule has 19 heavy (non-hydrogen) atoms. The van der Waals surface area contributed by atoms with Crippen LogP contribution in [0, 0.1) is 10.7 Å². The number of nitrogens with zero attached hydrogens (tertiary/aromatic N) is 1. The molecule has 0 aromatic carbocycles. The van der Waals surface area contributed by atoms with E-state index >= 15 is 0 Å². The molecule has 5 heteroatoms. The minimum Gasteiger partial charge on any atom is -0.463 e. The number of ether oxygens (including phenoxy) is 1. The molecule has 0 heterocycles. The SMILES string of the molecule is C=CC(=O)OCCCCCCCCC(O)CSC#N. The van der Waals surface area contributed by atoms with E-state index in [2.05, 4.69) is 6.58 Å². The van der Waals surface area contributed by atoms with Crippen molar-refractivity contribution in [2.24, 2.45) is 0 Å². The lowest BCUT2D eigenvalue weighted by molar-refractivity contribution is -0.137. The second kappa shape index (κ2) is 13.4. The van der Waals surface area contributed by atoms with Gasteiger partial charge in [-0.1, -0.05) is 38.7 Å². The molecule has 0 saturated heterocycles. The Morgan fingerprint density at radius 1 is 1.32 bits per heavy atom. The summed E-state index contributed by atoms with van der Waals surface area (Å²) >= 11 is 1.10. The lowest BCUT2D eigenvalue weighted by atomic mass is 10.1. The summed E-state index contributed by atoms with van der Waals surface area (Å²) in [6.45, 7) is 3.80. The number of carbonyl (C=O) groups excluding carboxylic acids is 1. The highest BCUT2D eigenvalue weighted by Gasteiger charge is 2.03. The van der Waals surface area contributed by atoms with Crippen LogP contribution in [-0.2, 0) is 9.53 Å². The molecular formula is C14H23NO3S. The van der Waals surface area contributed by atoms with Crippen molar-refractivity contribution < 1.29 is 14.6 Å². The second-order valence-electron chi connectivity index (χ2n) is 4.34.